The summed E-state index contributed by atoms with van der Waals surface area (Å²) in [6, 6.07) is 6.47. The molecule has 76 valence electrons. The highest BCUT2D eigenvalue weighted by Gasteiger charge is 2.23. The van der Waals surface area contributed by atoms with E-state index in [4.69, 9.17) is 17.3 Å². The van der Waals surface area contributed by atoms with E-state index in [0.717, 1.165) is 18.0 Å². The molecule has 0 radical (unpaired) electrons. The van der Waals surface area contributed by atoms with Crippen LogP contribution in [0.5, 0.6) is 0 Å². The van der Waals surface area contributed by atoms with Crippen molar-refractivity contribution in [3.05, 3.63) is 34.3 Å². The van der Waals surface area contributed by atoms with Crippen LogP contribution >= 0.6 is 11.6 Å². The van der Waals surface area contributed by atoms with Crippen molar-refractivity contribution in [2.24, 2.45) is 5.73 Å². The van der Waals surface area contributed by atoms with E-state index in [0.29, 0.717) is 12.6 Å². The van der Waals surface area contributed by atoms with Gasteiger partial charge in [0.05, 0.1) is 0 Å². The molecule has 0 bridgehead atoms. The van der Waals surface area contributed by atoms with E-state index in [1.54, 1.807) is 0 Å². The Morgan fingerprint density at radius 2 is 2.36 bits per heavy atom. The van der Waals surface area contributed by atoms with Gasteiger partial charge in [-0.3, -0.25) is 4.90 Å². The zero-order valence-corrected chi connectivity index (χ0v) is 9.09. The van der Waals surface area contributed by atoms with E-state index >= 15 is 0 Å². The summed E-state index contributed by atoms with van der Waals surface area (Å²) >= 11 is 5.96. The number of hydrogen-bond donors (Lipinski definition) is 1. The van der Waals surface area contributed by atoms with Crippen molar-refractivity contribution in [2.45, 2.75) is 12.5 Å². The molecule has 2 N–H and O–H groups in total. The highest BCUT2D eigenvalue weighted by atomic mass is 35.5. The molecule has 1 aliphatic rings. The van der Waals surface area contributed by atoms with Crippen LogP contribution in [-0.4, -0.2) is 25.0 Å². The van der Waals surface area contributed by atoms with E-state index in [9.17, 15) is 0 Å². The van der Waals surface area contributed by atoms with Crippen LogP contribution in [0.25, 0.3) is 0 Å². The zero-order valence-electron chi connectivity index (χ0n) is 8.33. The second-order valence-corrected chi connectivity index (χ2v) is 4.26. The Kier molecular flexibility index (Phi) is 2.77. The Hall–Kier alpha value is -0.570. The summed E-state index contributed by atoms with van der Waals surface area (Å²) in [5, 5.41) is 0.823. The van der Waals surface area contributed by atoms with Gasteiger partial charge in [0.15, 0.2) is 0 Å². The van der Waals surface area contributed by atoms with Crippen LogP contribution in [-0.2, 0) is 6.42 Å². The van der Waals surface area contributed by atoms with Gasteiger partial charge in [0.25, 0.3) is 0 Å². The van der Waals surface area contributed by atoms with Crippen LogP contribution < -0.4 is 5.73 Å². The first kappa shape index (κ1) is 9.97. The minimum Gasteiger partial charge on any atom is -0.329 e. The number of rotatable bonds is 1. The number of hydrogen-bond acceptors (Lipinski definition) is 2. The van der Waals surface area contributed by atoms with Crippen LogP contribution in [0.3, 0.4) is 0 Å². The van der Waals surface area contributed by atoms with Gasteiger partial charge in [-0.15, -0.1) is 0 Å². The van der Waals surface area contributed by atoms with Crippen molar-refractivity contribution in [1.82, 2.24) is 4.90 Å². The molecule has 3 heteroatoms. The molecule has 1 unspecified atom stereocenters. The van der Waals surface area contributed by atoms with Crippen LogP contribution in [0, 0.1) is 0 Å². The molecule has 14 heavy (non-hydrogen) atoms. The lowest BCUT2D eigenvalue weighted by atomic mass is 9.93. The third kappa shape index (κ3) is 1.65. The summed E-state index contributed by atoms with van der Waals surface area (Å²) in [6.45, 7) is 1.74. The third-order valence-corrected chi connectivity index (χ3v) is 3.19. The van der Waals surface area contributed by atoms with Gasteiger partial charge >= 0.3 is 0 Å². The highest BCUT2D eigenvalue weighted by Crippen LogP contribution is 2.29. The molecule has 0 amide bonds. The Labute approximate surface area is 89.7 Å². The summed E-state index contributed by atoms with van der Waals surface area (Å²) < 4.78 is 0. The number of nitrogens with two attached hydrogens (primary N) is 1. The van der Waals surface area contributed by atoms with Gasteiger partial charge in [0, 0.05) is 24.2 Å². The fraction of sp³-hybridized carbons (Fsp3) is 0.455. The Balaban J connectivity index is 2.41. The largest absolute Gasteiger partial charge is 0.329 e. The molecule has 0 saturated carbocycles. The number of nitrogens with zero attached hydrogens (tertiary/aromatic N) is 1. The van der Waals surface area contributed by atoms with Crippen molar-refractivity contribution >= 4 is 11.6 Å². The maximum Gasteiger partial charge on any atom is 0.0470 e. The monoisotopic (exact) mass is 210 g/mol. The summed E-state index contributed by atoms with van der Waals surface area (Å²) in [7, 11) is 2.12. The summed E-state index contributed by atoms with van der Waals surface area (Å²) in [4.78, 5) is 2.30. The van der Waals surface area contributed by atoms with Gasteiger partial charge in [0.1, 0.15) is 0 Å². The normalized spacial score (nSPS) is 22.1. The molecule has 1 heterocycles. The van der Waals surface area contributed by atoms with Crippen molar-refractivity contribution in [3.8, 4) is 0 Å². The lowest BCUT2D eigenvalue weighted by Gasteiger charge is -2.33. The quantitative estimate of drug-likeness (QED) is 0.767. The van der Waals surface area contributed by atoms with Gasteiger partial charge in [-0.2, -0.15) is 0 Å². The number of halogens is 1. The van der Waals surface area contributed by atoms with E-state index < -0.39 is 0 Å². The van der Waals surface area contributed by atoms with E-state index in [-0.39, 0.29) is 0 Å². The molecule has 0 aromatic heterocycles. The van der Waals surface area contributed by atoms with E-state index in [2.05, 4.69) is 24.1 Å². The second kappa shape index (κ2) is 3.89. The molecule has 0 fully saturated rings. The molecule has 1 aliphatic heterocycles. The SMILES string of the molecule is CN1CCc2cc(Cl)ccc2C1CN. The molecule has 0 spiro atoms. The molecule has 1 aromatic carbocycles. The summed E-state index contributed by atoms with van der Waals surface area (Å²) in [6.07, 6.45) is 1.07. The lowest BCUT2D eigenvalue weighted by Crippen LogP contribution is -2.36. The Bertz CT molecular complexity index is 338. The summed E-state index contributed by atoms with van der Waals surface area (Å²) in [5.41, 5.74) is 8.46. The van der Waals surface area contributed by atoms with Crippen molar-refractivity contribution in [3.63, 3.8) is 0 Å². The zero-order chi connectivity index (χ0) is 10.1. The Morgan fingerprint density at radius 3 is 3.07 bits per heavy atom. The third-order valence-electron chi connectivity index (χ3n) is 2.95. The average Bonchev–Trinajstić information content (AvgIpc) is 2.18. The number of benzene rings is 1. The average molecular weight is 211 g/mol. The molecular formula is C11H15ClN2. The van der Waals surface area contributed by atoms with Crippen molar-refractivity contribution in [1.29, 1.82) is 0 Å². The first-order valence-corrected chi connectivity index (χ1v) is 5.29. The van der Waals surface area contributed by atoms with Crippen LogP contribution in [0.4, 0.5) is 0 Å². The maximum absolute atomic E-state index is 5.96. The Morgan fingerprint density at radius 1 is 1.57 bits per heavy atom. The number of likely N-dealkylation sites (N-methyl/N-ethyl adjacent to an activating group) is 1. The van der Waals surface area contributed by atoms with Crippen LogP contribution in [0.1, 0.15) is 17.2 Å². The van der Waals surface area contributed by atoms with Crippen molar-refractivity contribution in [2.75, 3.05) is 20.1 Å². The molecule has 2 rings (SSSR count). The fourth-order valence-electron chi connectivity index (χ4n) is 2.11. The predicted octanol–water partition coefficient (Wildman–Crippen LogP) is 1.83. The first-order chi connectivity index (χ1) is 6.72. The molecule has 1 aromatic rings. The lowest BCUT2D eigenvalue weighted by molar-refractivity contribution is 0.236. The summed E-state index contributed by atoms with van der Waals surface area (Å²) in [5.74, 6) is 0. The highest BCUT2D eigenvalue weighted by molar-refractivity contribution is 6.30. The fourth-order valence-corrected chi connectivity index (χ4v) is 2.31. The minimum atomic E-state index is 0.357. The predicted molar refractivity (Wildman–Crippen MR) is 59.6 cm³/mol. The van der Waals surface area contributed by atoms with Crippen LogP contribution in [0.15, 0.2) is 18.2 Å². The van der Waals surface area contributed by atoms with E-state index in [1.165, 1.54) is 11.1 Å². The topological polar surface area (TPSA) is 29.3 Å². The van der Waals surface area contributed by atoms with Gasteiger partial charge in [-0.25, -0.2) is 0 Å². The van der Waals surface area contributed by atoms with Crippen molar-refractivity contribution < 1.29 is 0 Å². The molecule has 2 nitrogen and oxygen atoms in total. The van der Waals surface area contributed by atoms with E-state index in [1.807, 2.05) is 6.07 Å². The molecule has 0 saturated heterocycles. The van der Waals surface area contributed by atoms with Gasteiger partial charge in [-0.1, -0.05) is 17.7 Å². The minimum absolute atomic E-state index is 0.357. The standard InChI is InChI=1S/C11H15ClN2/c1-14-5-4-8-6-9(12)2-3-10(8)11(14)7-13/h2-3,6,11H,4-5,7,13H2,1H3. The first-order valence-electron chi connectivity index (χ1n) is 4.91. The number of fused-ring (bicyclic) bond motifs is 1. The maximum atomic E-state index is 5.96. The van der Waals surface area contributed by atoms with Crippen LogP contribution in [0.2, 0.25) is 5.02 Å². The van der Waals surface area contributed by atoms with Gasteiger partial charge in [0.2, 0.25) is 0 Å². The molecule has 0 aliphatic carbocycles. The second-order valence-electron chi connectivity index (χ2n) is 3.83. The molecule has 1 atom stereocenters. The molecular weight excluding hydrogens is 196 g/mol. The van der Waals surface area contributed by atoms with Gasteiger partial charge < -0.3 is 5.73 Å². The smallest absolute Gasteiger partial charge is 0.0470 e. The van der Waals surface area contributed by atoms with Gasteiger partial charge in [-0.05, 0) is 36.7 Å².